The number of hydrogen-bond donors (Lipinski definition) is 1. The van der Waals surface area contributed by atoms with Gasteiger partial charge in [0.2, 0.25) is 0 Å². The van der Waals surface area contributed by atoms with Gasteiger partial charge in [0.05, 0.1) is 36.5 Å². The van der Waals surface area contributed by atoms with Crippen molar-refractivity contribution in [3.05, 3.63) is 40.7 Å². The summed E-state index contributed by atoms with van der Waals surface area (Å²) in [5, 5.41) is 4.08. The number of rotatable bonds is 3. The van der Waals surface area contributed by atoms with E-state index in [1.165, 1.54) is 23.1 Å². The summed E-state index contributed by atoms with van der Waals surface area (Å²) in [4.78, 5) is 21.6. The summed E-state index contributed by atoms with van der Waals surface area (Å²) in [6.45, 7) is 0.278. The Bertz CT molecular complexity index is 589. The van der Waals surface area contributed by atoms with Gasteiger partial charge in [-0.15, -0.1) is 0 Å². The van der Waals surface area contributed by atoms with Crippen molar-refractivity contribution in [2.75, 3.05) is 24.7 Å². The Morgan fingerprint density at radius 2 is 2.06 bits per heavy atom. The number of nitrogen functional groups attached to an aromatic ring is 1. The number of nitrogens with zero attached hydrogens (tertiary/aromatic N) is 5. The quantitative estimate of drug-likeness (QED) is 0.801. The molecule has 0 aliphatic rings. The predicted octanol–water partition coefficient (Wildman–Crippen LogP) is -0.270. The van der Waals surface area contributed by atoms with E-state index >= 15 is 0 Å². The molecule has 0 aliphatic heterocycles. The third-order valence-corrected chi connectivity index (χ3v) is 2.41. The zero-order valence-corrected chi connectivity index (χ0v) is 10.2. The fourth-order valence-corrected chi connectivity index (χ4v) is 1.39. The van der Waals surface area contributed by atoms with Crippen LogP contribution in [0, 0.1) is 0 Å². The minimum absolute atomic E-state index is 0.181. The van der Waals surface area contributed by atoms with Crippen molar-refractivity contribution < 1.29 is 0 Å². The van der Waals surface area contributed by atoms with Crippen molar-refractivity contribution in [2.45, 2.75) is 6.54 Å². The van der Waals surface area contributed by atoms with E-state index in [1.807, 2.05) is 19.0 Å². The lowest BCUT2D eigenvalue weighted by Crippen LogP contribution is -2.25. The number of aromatic nitrogens is 4. The lowest BCUT2D eigenvalue weighted by molar-refractivity contribution is 0.625. The minimum atomic E-state index is -0.181. The van der Waals surface area contributed by atoms with Gasteiger partial charge >= 0.3 is 0 Å². The fourth-order valence-electron chi connectivity index (χ4n) is 1.39. The summed E-state index contributed by atoms with van der Waals surface area (Å²) in [6.07, 6.45) is 4.62. The van der Waals surface area contributed by atoms with Crippen molar-refractivity contribution >= 4 is 11.5 Å². The van der Waals surface area contributed by atoms with Crippen LogP contribution in [0.2, 0.25) is 0 Å². The molecule has 0 radical (unpaired) electrons. The largest absolute Gasteiger partial charge is 0.382 e. The van der Waals surface area contributed by atoms with Crippen molar-refractivity contribution in [3.8, 4) is 0 Å². The summed E-state index contributed by atoms with van der Waals surface area (Å²) < 4.78 is 1.33. The summed E-state index contributed by atoms with van der Waals surface area (Å²) in [5.74, 6) is 0.349. The zero-order chi connectivity index (χ0) is 13.1. The highest BCUT2D eigenvalue weighted by Gasteiger charge is 2.03. The number of nitrogens with two attached hydrogens (primary N) is 1. The molecule has 2 aromatic heterocycles. The average Bonchev–Trinajstić information content (AvgIpc) is 2.34. The maximum atomic E-state index is 11.8. The lowest BCUT2D eigenvalue weighted by atomic mass is 10.4. The molecule has 2 aromatic rings. The van der Waals surface area contributed by atoms with Gasteiger partial charge < -0.3 is 10.6 Å². The predicted molar refractivity (Wildman–Crippen MR) is 68.4 cm³/mol. The van der Waals surface area contributed by atoms with Crippen molar-refractivity contribution in [1.82, 2.24) is 19.7 Å². The Morgan fingerprint density at radius 3 is 2.61 bits per heavy atom. The molecule has 0 bridgehead atoms. The molecule has 7 heteroatoms. The first kappa shape index (κ1) is 12.0. The third-order valence-electron chi connectivity index (χ3n) is 2.41. The van der Waals surface area contributed by atoms with Gasteiger partial charge in [-0.3, -0.25) is 9.78 Å². The number of anilines is 2. The van der Waals surface area contributed by atoms with Crippen LogP contribution >= 0.6 is 0 Å². The SMILES string of the molecule is CN(C)c1cnn(Cc2cnc(N)cn2)c(=O)c1. The highest BCUT2D eigenvalue weighted by Crippen LogP contribution is 2.04. The zero-order valence-electron chi connectivity index (χ0n) is 10.2. The molecule has 2 heterocycles. The molecule has 0 spiro atoms. The Labute approximate surface area is 104 Å². The number of hydrogen-bond acceptors (Lipinski definition) is 6. The molecule has 0 saturated heterocycles. The van der Waals surface area contributed by atoms with Crippen molar-refractivity contribution in [1.29, 1.82) is 0 Å². The highest BCUT2D eigenvalue weighted by molar-refractivity contribution is 5.40. The second kappa shape index (κ2) is 4.82. The smallest absolute Gasteiger partial charge is 0.269 e. The molecule has 0 amide bonds. The van der Waals surface area contributed by atoms with Crippen LogP contribution in [0.4, 0.5) is 11.5 Å². The van der Waals surface area contributed by atoms with E-state index in [9.17, 15) is 4.79 Å². The van der Waals surface area contributed by atoms with Crippen LogP contribution in [-0.2, 0) is 6.54 Å². The van der Waals surface area contributed by atoms with Gasteiger partial charge in [0, 0.05) is 20.2 Å². The van der Waals surface area contributed by atoms with E-state index in [2.05, 4.69) is 15.1 Å². The normalized spacial score (nSPS) is 10.3. The molecule has 7 nitrogen and oxygen atoms in total. The first-order chi connectivity index (χ1) is 8.56. The van der Waals surface area contributed by atoms with Crippen LogP contribution in [0.25, 0.3) is 0 Å². The maximum Gasteiger partial charge on any atom is 0.269 e. The Hall–Kier alpha value is -2.44. The van der Waals surface area contributed by atoms with Crippen LogP contribution in [0.1, 0.15) is 5.69 Å². The van der Waals surface area contributed by atoms with E-state index in [0.29, 0.717) is 11.5 Å². The summed E-state index contributed by atoms with van der Waals surface area (Å²) >= 11 is 0. The molecular weight excluding hydrogens is 232 g/mol. The summed E-state index contributed by atoms with van der Waals surface area (Å²) in [7, 11) is 3.71. The van der Waals surface area contributed by atoms with Gasteiger partial charge in [0.15, 0.2) is 0 Å². The van der Waals surface area contributed by atoms with E-state index in [4.69, 9.17) is 5.73 Å². The van der Waals surface area contributed by atoms with Crippen LogP contribution in [0.5, 0.6) is 0 Å². The van der Waals surface area contributed by atoms with E-state index in [0.717, 1.165) is 5.69 Å². The molecule has 18 heavy (non-hydrogen) atoms. The van der Waals surface area contributed by atoms with Gasteiger partial charge in [0.25, 0.3) is 5.56 Å². The highest BCUT2D eigenvalue weighted by atomic mass is 16.1. The molecule has 2 N–H and O–H groups in total. The molecular formula is C11H14N6O. The van der Waals surface area contributed by atoms with Crippen molar-refractivity contribution in [3.63, 3.8) is 0 Å². The van der Waals surface area contributed by atoms with E-state index in [-0.39, 0.29) is 12.1 Å². The molecule has 0 atom stereocenters. The Morgan fingerprint density at radius 1 is 1.28 bits per heavy atom. The van der Waals surface area contributed by atoms with Gasteiger partial charge in [-0.05, 0) is 0 Å². The Kier molecular flexibility index (Phi) is 3.22. The van der Waals surface area contributed by atoms with Crippen LogP contribution in [0.15, 0.2) is 29.5 Å². The minimum Gasteiger partial charge on any atom is -0.382 e. The summed E-state index contributed by atoms with van der Waals surface area (Å²) in [5.41, 5.74) is 6.66. The molecule has 0 saturated carbocycles. The van der Waals surface area contributed by atoms with Crippen LogP contribution in [0.3, 0.4) is 0 Å². The lowest BCUT2D eigenvalue weighted by Gasteiger charge is -2.12. The molecule has 0 aromatic carbocycles. The maximum absolute atomic E-state index is 11.8. The van der Waals surface area contributed by atoms with Crippen LogP contribution in [-0.4, -0.2) is 33.8 Å². The first-order valence-corrected chi connectivity index (χ1v) is 5.37. The van der Waals surface area contributed by atoms with Crippen LogP contribution < -0.4 is 16.2 Å². The second-order valence-electron chi connectivity index (χ2n) is 4.04. The summed E-state index contributed by atoms with van der Waals surface area (Å²) in [6, 6.07) is 1.53. The van der Waals surface area contributed by atoms with Gasteiger partial charge in [-0.1, -0.05) is 0 Å². The molecule has 94 valence electrons. The van der Waals surface area contributed by atoms with Gasteiger partial charge in [-0.25, -0.2) is 9.67 Å². The van der Waals surface area contributed by atoms with Gasteiger partial charge in [-0.2, -0.15) is 5.10 Å². The molecule has 0 aliphatic carbocycles. The van der Waals surface area contributed by atoms with Crippen molar-refractivity contribution in [2.24, 2.45) is 0 Å². The van der Waals surface area contributed by atoms with Gasteiger partial charge in [0.1, 0.15) is 5.82 Å². The molecule has 2 rings (SSSR count). The first-order valence-electron chi connectivity index (χ1n) is 5.37. The third kappa shape index (κ3) is 2.62. The topological polar surface area (TPSA) is 89.9 Å². The Balaban J connectivity index is 2.25. The molecule has 0 unspecified atom stereocenters. The van der Waals surface area contributed by atoms with E-state index in [1.54, 1.807) is 6.20 Å². The fraction of sp³-hybridized carbons (Fsp3) is 0.273. The second-order valence-corrected chi connectivity index (χ2v) is 4.04. The molecule has 0 fully saturated rings. The average molecular weight is 246 g/mol. The standard InChI is InChI=1S/C11H14N6O/c1-16(2)9-3-11(18)17(15-5-9)7-8-4-14-10(12)6-13-8/h3-6H,7H2,1-2H3,(H2,12,14). The van der Waals surface area contributed by atoms with E-state index < -0.39 is 0 Å². The monoisotopic (exact) mass is 246 g/mol.